The highest BCUT2D eigenvalue weighted by Crippen LogP contribution is 2.12. The van der Waals surface area contributed by atoms with E-state index in [0.29, 0.717) is 19.0 Å². The van der Waals surface area contributed by atoms with Crippen LogP contribution in [-0.2, 0) is 4.74 Å². The molecule has 0 saturated carbocycles. The van der Waals surface area contributed by atoms with Crippen molar-refractivity contribution in [2.75, 3.05) is 13.1 Å². The van der Waals surface area contributed by atoms with E-state index in [9.17, 15) is 4.79 Å². The van der Waals surface area contributed by atoms with Crippen LogP contribution in [0.4, 0.5) is 4.79 Å². The van der Waals surface area contributed by atoms with Gasteiger partial charge in [0.15, 0.2) is 0 Å². The van der Waals surface area contributed by atoms with Gasteiger partial charge in [0, 0.05) is 6.54 Å². The van der Waals surface area contributed by atoms with E-state index < -0.39 is 6.10 Å². The van der Waals surface area contributed by atoms with Crippen molar-refractivity contribution in [2.24, 2.45) is 5.92 Å². The van der Waals surface area contributed by atoms with Crippen LogP contribution in [0.1, 0.15) is 13.8 Å². The maximum atomic E-state index is 11.0. The van der Waals surface area contributed by atoms with Crippen molar-refractivity contribution in [1.82, 2.24) is 4.90 Å². The number of nitriles is 1. The Bertz CT molecular complexity index is 220. The number of cyclic esters (lactones) is 1. The zero-order chi connectivity index (χ0) is 9.14. The molecule has 1 aliphatic heterocycles. The minimum atomic E-state index is -0.573. The van der Waals surface area contributed by atoms with E-state index in [-0.39, 0.29) is 6.09 Å². The van der Waals surface area contributed by atoms with Crippen molar-refractivity contribution >= 4 is 6.09 Å². The number of amides is 1. The monoisotopic (exact) mass is 168 g/mol. The molecule has 1 amide bonds. The highest BCUT2D eigenvalue weighted by molar-refractivity contribution is 5.70. The molecule has 1 aliphatic rings. The van der Waals surface area contributed by atoms with Gasteiger partial charge >= 0.3 is 6.09 Å². The van der Waals surface area contributed by atoms with Crippen molar-refractivity contribution in [3.63, 3.8) is 0 Å². The molecule has 66 valence electrons. The van der Waals surface area contributed by atoms with Crippen LogP contribution in [0.3, 0.4) is 0 Å². The standard InChI is InChI=1S/C8H12N2O2/c1-6(2)4-10-5-7(3-9)12-8(10)11/h6-7H,4-5H2,1-2H3. The second kappa shape index (κ2) is 3.44. The summed E-state index contributed by atoms with van der Waals surface area (Å²) in [5.74, 6) is 0.412. The fourth-order valence-electron chi connectivity index (χ4n) is 1.17. The van der Waals surface area contributed by atoms with Crippen LogP contribution in [0.5, 0.6) is 0 Å². The first-order chi connectivity index (χ1) is 5.63. The summed E-state index contributed by atoms with van der Waals surface area (Å²) in [6, 6.07) is 1.91. The second-order valence-electron chi connectivity index (χ2n) is 3.30. The first-order valence-corrected chi connectivity index (χ1v) is 3.98. The molecule has 0 aromatic heterocycles. The number of carbonyl (C=O) groups is 1. The normalized spacial score (nSPS) is 22.7. The summed E-state index contributed by atoms with van der Waals surface area (Å²) in [4.78, 5) is 12.6. The zero-order valence-corrected chi connectivity index (χ0v) is 7.28. The fourth-order valence-corrected chi connectivity index (χ4v) is 1.17. The minimum Gasteiger partial charge on any atom is -0.429 e. The van der Waals surface area contributed by atoms with E-state index in [1.165, 1.54) is 0 Å². The number of rotatable bonds is 2. The number of hydrogen-bond acceptors (Lipinski definition) is 3. The van der Waals surface area contributed by atoms with Gasteiger partial charge in [0.25, 0.3) is 0 Å². The molecule has 1 fully saturated rings. The van der Waals surface area contributed by atoms with Crippen LogP contribution in [-0.4, -0.2) is 30.2 Å². The van der Waals surface area contributed by atoms with E-state index in [0.717, 1.165) is 0 Å². The highest BCUT2D eigenvalue weighted by Gasteiger charge is 2.30. The molecule has 0 N–H and O–H groups in total. The van der Waals surface area contributed by atoms with Gasteiger partial charge in [-0.2, -0.15) is 5.26 Å². The molecule has 0 spiro atoms. The Morgan fingerprint density at radius 2 is 2.50 bits per heavy atom. The quantitative estimate of drug-likeness (QED) is 0.617. The van der Waals surface area contributed by atoms with Gasteiger partial charge in [-0.25, -0.2) is 4.79 Å². The Kier molecular flexibility index (Phi) is 2.54. The van der Waals surface area contributed by atoms with Gasteiger partial charge in [0.2, 0.25) is 6.10 Å². The van der Waals surface area contributed by atoms with Gasteiger partial charge in [-0.1, -0.05) is 13.8 Å². The van der Waals surface area contributed by atoms with Crippen LogP contribution < -0.4 is 0 Å². The largest absolute Gasteiger partial charge is 0.429 e. The summed E-state index contributed by atoms with van der Waals surface area (Å²) in [6.45, 7) is 5.12. The van der Waals surface area contributed by atoms with E-state index >= 15 is 0 Å². The van der Waals surface area contributed by atoms with Crippen molar-refractivity contribution in [3.8, 4) is 6.07 Å². The van der Waals surface area contributed by atoms with E-state index in [1.54, 1.807) is 4.90 Å². The molecular weight excluding hydrogens is 156 g/mol. The lowest BCUT2D eigenvalue weighted by Crippen LogP contribution is -2.28. The Morgan fingerprint density at radius 1 is 1.83 bits per heavy atom. The van der Waals surface area contributed by atoms with Crippen molar-refractivity contribution in [1.29, 1.82) is 5.26 Å². The first-order valence-electron chi connectivity index (χ1n) is 3.98. The molecule has 4 nitrogen and oxygen atoms in total. The van der Waals surface area contributed by atoms with Crippen LogP contribution in [0.2, 0.25) is 0 Å². The lowest BCUT2D eigenvalue weighted by Gasteiger charge is -2.14. The zero-order valence-electron chi connectivity index (χ0n) is 7.28. The van der Waals surface area contributed by atoms with Crippen LogP contribution in [0.25, 0.3) is 0 Å². The van der Waals surface area contributed by atoms with Crippen molar-refractivity contribution < 1.29 is 9.53 Å². The third-order valence-corrected chi connectivity index (χ3v) is 1.62. The Balaban J connectivity index is 2.48. The number of carbonyl (C=O) groups excluding carboxylic acids is 1. The predicted octanol–water partition coefficient (Wildman–Crippen LogP) is 0.987. The lowest BCUT2D eigenvalue weighted by atomic mass is 10.2. The molecule has 1 saturated heterocycles. The first kappa shape index (κ1) is 8.85. The maximum absolute atomic E-state index is 11.0. The van der Waals surface area contributed by atoms with Gasteiger partial charge in [-0.05, 0) is 5.92 Å². The molecule has 0 radical (unpaired) electrons. The average molecular weight is 168 g/mol. The topological polar surface area (TPSA) is 53.3 Å². The Labute approximate surface area is 71.7 Å². The molecule has 1 rings (SSSR count). The molecule has 0 aromatic carbocycles. The molecule has 0 aliphatic carbocycles. The molecule has 4 heteroatoms. The predicted molar refractivity (Wildman–Crippen MR) is 42.3 cm³/mol. The lowest BCUT2D eigenvalue weighted by molar-refractivity contribution is 0.145. The Hall–Kier alpha value is -1.24. The summed E-state index contributed by atoms with van der Waals surface area (Å²) >= 11 is 0. The van der Waals surface area contributed by atoms with Gasteiger partial charge in [-0.15, -0.1) is 0 Å². The van der Waals surface area contributed by atoms with Gasteiger partial charge < -0.3 is 9.64 Å². The van der Waals surface area contributed by atoms with Crippen LogP contribution in [0, 0.1) is 17.2 Å². The third-order valence-electron chi connectivity index (χ3n) is 1.62. The summed E-state index contributed by atoms with van der Waals surface area (Å²) in [6.07, 6.45) is -0.938. The molecule has 1 unspecified atom stereocenters. The van der Waals surface area contributed by atoms with Crippen molar-refractivity contribution in [2.45, 2.75) is 20.0 Å². The van der Waals surface area contributed by atoms with E-state index in [4.69, 9.17) is 10.00 Å². The smallest absolute Gasteiger partial charge is 0.411 e. The van der Waals surface area contributed by atoms with Gasteiger partial charge in [0.05, 0.1) is 6.54 Å². The van der Waals surface area contributed by atoms with Crippen LogP contribution >= 0.6 is 0 Å². The molecule has 12 heavy (non-hydrogen) atoms. The van der Waals surface area contributed by atoms with Crippen molar-refractivity contribution in [3.05, 3.63) is 0 Å². The molecular formula is C8H12N2O2. The molecule has 0 aromatic rings. The number of hydrogen-bond donors (Lipinski definition) is 0. The maximum Gasteiger partial charge on any atom is 0.411 e. The SMILES string of the molecule is CC(C)CN1CC(C#N)OC1=O. The molecule has 1 heterocycles. The summed E-state index contributed by atoms with van der Waals surface area (Å²) in [5, 5.41) is 8.48. The van der Waals surface area contributed by atoms with E-state index in [2.05, 4.69) is 0 Å². The summed E-state index contributed by atoms with van der Waals surface area (Å²) in [7, 11) is 0. The van der Waals surface area contributed by atoms with Crippen LogP contribution in [0.15, 0.2) is 0 Å². The molecule has 0 bridgehead atoms. The third kappa shape index (κ3) is 1.88. The average Bonchev–Trinajstić information content (AvgIpc) is 2.31. The number of ether oxygens (including phenoxy) is 1. The van der Waals surface area contributed by atoms with E-state index in [1.807, 2.05) is 19.9 Å². The fraction of sp³-hybridized carbons (Fsp3) is 0.750. The number of nitrogens with zero attached hydrogens (tertiary/aromatic N) is 2. The summed E-state index contributed by atoms with van der Waals surface area (Å²) < 4.78 is 4.75. The molecule has 1 atom stereocenters. The second-order valence-corrected chi connectivity index (χ2v) is 3.30. The minimum absolute atomic E-state index is 0.366. The highest BCUT2D eigenvalue weighted by atomic mass is 16.6. The van der Waals surface area contributed by atoms with Gasteiger partial charge in [0.1, 0.15) is 6.07 Å². The Morgan fingerprint density at radius 3 is 2.92 bits per heavy atom. The van der Waals surface area contributed by atoms with Gasteiger partial charge in [-0.3, -0.25) is 0 Å². The summed E-state index contributed by atoms with van der Waals surface area (Å²) in [5.41, 5.74) is 0.